The summed E-state index contributed by atoms with van der Waals surface area (Å²) in [5, 5.41) is 7.16. The second-order valence-corrected chi connectivity index (χ2v) is 7.29. The van der Waals surface area contributed by atoms with Crippen molar-refractivity contribution in [2.45, 2.75) is 58.0 Å². The van der Waals surface area contributed by atoms with Gasteiger partial charge in [0.1, 0.15) is 0 Å². The lowest BCUT2D eigenvalue weighted by molar-refractivity contribution is -0.132. The molecule has 1 aromatic rings. The van der Waals surface area contributed by atoms with Crippen molar-refractivity contribution in [3.63, 3.8) is 0 Å². The van der Waals surface area contributed by atoms with Gasteiger partial charge in [0.25, 0.3) is 0 Å². The Balaban J connectivity index is 1.47. The van der Waals surface area contributed by atoms with Gasteiger partial charge < -0.3 is 10.2 Å². The largest absolute Gasteiger partial charge is 0.342 e. The summed E-state index contributed by atoms with van der Waals surface area (Å²) in [5.74, 6) is 1.55. The molecular weight excluding hydrogens is 282 g/mol. The third-order valence-corrected chi connectivity index (χ3v) is 5.66. The van der Waals surface area contributed by atoms with Gasteiger partial charge in [-0.3, -0.25) is 4.79 Å². The Morgan fingerprint density at radius 3 is 2.95 bits per heavy atom. The van der Waals surface area contributed by atoms with Gasteiger partial charge >= 0.3 is 0 Å². The molecule has 0 radical (unpaired) electrons. The highest BCUT2D eigenvalue weighted by molar-refractivity contribution is 7.09. The maximum Gasteiger partial charge on any atom is 0.222 e. The summed E-state index contributed by atoms with van der Waals surface area (Å²) >= 11 is 1.81. The van der Waals surface area contributed by atoms with Crippen molar-refractivity contribution in [3.8, 4) is 0 Å². The van der Waals surface area contributed by atoms with Crippen molar-refractivity contribution in [2.75, 3.05) is 13.1 Å². The number of carbonyl (C=O) groups is 1. The minimum Gasteiger partial charge on any atom is -0.342 e. The fourth-order valence-corrected chi connectivity index (χ4v) is 4.05. The molecule has 2 atom stereocenters. The Kier molecular flexibility index (Phi) is 4.60. The molecule has 1 amide bonds. The van der Waals surface area contributed by atoms with Gasteiger partial charge in [0.15, 0.2) is 0 Å². The molecule has 1 aliphatic heterocycles. The average molecular weight is 307 g/mol. The van der Waals surface area contributed by atoms with Gasteiger partial charge in [-0.1, -0.05) is 13.8 Å². The molecule has 2 fully saturated rings. The Labute approximate surface area is 130 Å². The summed E-state index contributed by atoms with van der Waals surface area (Å²) in [6, 6.07) is 0.497. The van der Waals surface area contributed by atoms with Crippen LogP contribution >= 0.6 is 11.3 Å². The summed E-state index contributed by atoms with van der Waals surface area (Å²) in [5.41, 5.74) is 1.18. The van der Waals surface area contributed by atoms with Crippen molar-refractivity contribution in [2.24, 2.45) is 5.92 Å². The first-order valence-electron chi connectivity index (χ1n) is 8.12. The second-order valence-electron chi connectivity index (χ2n) is 6.40. The number of piperidine rings is 1. The number of hydrogen-bond donors (Lipinski definition) is 1. The van der Waals surface area contributed by atoms with Crippen LogP contribution in [0.1, 0.15) is 56.2 Å². The number of aromatic nitrogens is 1. The quantitative estimate of drug-likeness (QED) is 0.910. The van der Waals surface area contributed by atoms with Crippen LogP contribution in [-0.2, 0) is 11.3 Å². The molecule has 0 aromatic carbocycles. The third kappa shape index (κ3) is 3.64. The van der Waals surface area contributed by atoms with E-state index in [1.807, 2.05) is 23.2 Å². The van der Waals surface area contributed by atoms with Gasteiger partial charge in [0.05, 0.1) is 10.7 Å². The molecular formula is C16H25N3OS. The SMILES string of the molecule is CCC(=O)N1CC[C@@H](NCc2csc(C3CC3)n2)[C@H](C)C1. The smallest absolute Gasteiger partial charge is 0.222 e. The third-order valence-electron chi connectivity index (χ3n) is 4.60. The number of amides is 1. The summed E-state index contributed by atoms with van der Waals surface area (Å²) in [6.07, 6.45) is 4.31. The van der Waals surface area contributed by atoms with E-state index in [0.29, 0.717) is 18.4 Å². The predicted molar refractivity (Wildman–Crippen MR) is 85.4 cm³/mol. The first kappa shape index (κ1) is 15.0. The first-order valence-corrected chi connectivity index (χ1v) is 9.00. The van der Waals surface area contributed by atoms with E-state index < -0.39 is 0 Å². The Morgan fingerprint density at radius 1 is 1.48 bits per heavy atom. The molecule has 4 nitrogen and oxygen atoms in total. The van der Waals surface area contributed by atoms with Gasteiger partial charge in [-0.2, -0.15) is 0 Å². The lowest BCUT2D eigenvalue weighted by Crippen LogP contribution is -2.49. The molecule has 5 heteroatoms. The highest BCUT2D eigenvalue weighted by Crippen LogP contribution is 2.41. The van der Waals surface area contributed by atoms with Gasteiger partial charge in [-0.25, -0.2) is 4.98 Å². The lowest BCUT2D eigenvalue weighted by Gasteiger charge is -2.37. The minimum atomic E-state index is 0.286. The van der Waals surface area contributed by atoms with Gasteiger partial charge in [0.2, 0.25) is 5.91 Å². The van der Waals surface area contributed by atoms with Crippen LogP contribution in [0.4, 0.5) is 0 Å². The van der Waals surface area contributed by atoms with Crippen LogP contribution in [0.25, 0.3) is 0 Å². The zero-order chi connectivity index (χ0) is 14.8. The van der Waals surface area contributed by atoms with Gasteiger partial charge in [0, 0.05) is 43.4 Å². The molecule has 116 valence electrons. The predicted octanol–water partition coefficient (Wildman–Crippen LogP) is 2.76. The van der Waals surface area contributed by atoms with Crippen LogP contribution < -0.4 is 5.32 Å². The van der Waals surface area contributed by atoms with E-state index in [2.05, 4.69) is 17.6 Å². The van der Waals surface area contributed by atoms with E-state index in [1.165, 1.54) is 23.5 Å². The topological polar surface area (TPSA) is 45.2 Å². The highest BCUT2D eigenvalue weighted by atomic mass is 32.1. The summed E-state index contributed by atoms with van der Waals surface area (Å²) in [6.45, 7) is 6.81. The number of hydrogen-bond acceptors (Lipinski definition) is 4. The summed E-state index contributed by atoms with van der Waals surface area (Å²) in [4.78, 5) is 18.5. The molecule has 1 saturated heterocycles. The van der Waals surface area contributed by atoms with E-state index >= 15 is 0 Å². The Hall–Kier alpha value is -0.940. The average Bonchev–Trinajstić information content (AvgIpc) is 3.24. The van der Waals surface area contributed by atoms with E-state index in [1.54, 1.807) is 0 Å². The summed E-state index contributed by atoms with van der Waals surface area (Å²) in [7, 11) is 0. The zero-order valence-electron chi connectivity index (χ0n) is 13.0. The number of nitrogens with zero attached hydrogens (tertiary/aromatic N) is 2. The lowest BCUT2D eigenvalue weighted by atomic mass is 9.93. The zero-order valence-corrected chi connectivity index (χ0v) is 13.8. The van der Waals surface area contributed by atoms with Crippen molar-refractivity contribution in [1.82, 2.24) is 15.2 Å². The standard InChI is InChI=1S/C16H25N3OS/c1-3-15(20)19-7-6-14(11(2)9-19)17-8-13-10-21-16(18-13)12-4-5-12/h10-12,14,17H,3-9H2,1-2H3/t11-,14-/m1/s1. The number of nitrogens with one attached hydrogen (secondary N) is 1. The monoisotopic (exact) mass is 307 g/mol. The molecule has 0 bridgehead atoms. The maximum atomic E-state index is 11.8. The molecule has 0 spiro atoms. The molecule has 2 aliphatic rings. The molecule has 2 heterocycles. The maximum absolute atomic E-state index is 11.8. The fraction of sp³-hybridized carbons (Fsp3) is 0.750. The van der Waals surface area contributed by atoms with Crippen molar-refractivity contribution in [3.05, 3.63) is 16.1 Å². The van der Waals surface area contributed by atoms with Crippen LogP contribution in [0.15, 0.2) is 5.38 Å². The Bertz CT molecular complexity index is 497. The number of thiazole rings is 1. The van der Waals surface area contributed by atoms with E-state index in [4.69, 9.17) is 4.98 Å². The summed E-state index contributed by atoms with van der Waals surface area (Å²) < 4.78 is 0. The molecule has 1 N–H and O–H groups in total. The van der Waals surface area contributed by atoms with Crippen LogP contribution in [0.2, 0.25) is 0 Å². The van der Waals surface area contributed by atoms with E-state index in [0.717, 1.165) is 32.0 Å². The molecule has 1 aliphatic carbocycles. The molecule has 0 unspecified atom stereocenters. The van der Waals surface area contributed by atoms with Crippen LogP contribution in [0, 0.1) is 5.92 Å². The molecule has 21 heavy (non-hydrogen) atoms. The first-order chi connectivity index (χ1) is 10.2. The van der Waals surface area contributed by atoms with Crippen LogP contribution in [0.5, 0.6) is 0 Å². The molecule has 3 rings (SSSR count). The van der Waals surface area contributed by atoms with Crippen molar-refractivity contribution < 1.29 is 4.79 Å². The van der Waals surface area contributed by atoms with Crippen LogP contribution in [-0.4, -0.2) is 34.9 Å². The Morgan fingerprint density at radius 2 is 2.29 bits per heavy atom. The minimum absolute atomic E-state index is 0.286. The highest BCUT2D eigenvalue weighted by Gasteiger charge is 2.29. The fourth-order valence-electron chi connectivity index (χ4n) is 3.06. The van der Waals surface area contributed by atoms with Crippen molar-refractivity contribution >= 4 is 17.2 Å². The number of carbonyl (C=O) groups excluding carboxylic acids is 1. The van der Waals surface area contributed by atoms with E-state index in [9.17, 15) is 4.79 Å². The number of rotatable bonds is 5. The van der Waals surface area contributed by atoms with Crippen LogP contribution in [0.3, 0.4) is 0 Å². The van der Waals surface area contributed by atoms with E-state index in [-0.39, 0.29) is 5.91 Å². The molecule has 1 aromatic heterocycles. The van der Waals surface area contributed by atoms with Gasteiger partial charge in [-0.05, 0) is 25.2 Å². The van der Waals surface area contributed by atoms with Gasteiger partial charge in [-0.15, -0.1) is 11.3 Å². The molecule has 1 saturated carbocycles. The second kappa shape index (κ2) is 6.44. The normalized spacial score (nSPS) is 26.1. The number of likely N-dealkylation sites (tertiary alicyclic amines) is 1. The van der Waals surface area contributed by atoms with Crippen molar-refractivity contribution in [1.29, 1.82) is 0 Å².